The van der Waals surface area contributed by atoms with Crippen LogP contribution in [0.25, 0.3) is 0 Å². The highest BCUT2D eigenvalue weighted by Gasteiger charge is 2.37. The Kier molecular flexibility index (Phi) is 6.04. The van der Waals surface area contributed by atoms with E-state index in [1.54, 1.807) is 20.8 Å². The van der Waals surface area contributed by atoms with Crippen molar-refractivity contribution in [2.75, 3.05) is 26.3 Å². The van der Waals surface area contributed by atoms with E-state index in [2.05, 4.69) is 5.32 Å². The van der Waals surface area contributed by atoms with Gasteiger partial charge >= 0.3 is 12.1 Å². The third-order valence-electron chi connectivity index (χ3n) is 3.77. The maximum absolute atomic E-state index is 12.3. The summed E-state index contributed by atoms with van der Waals surface area (Å²) in [5.74, 6) is -0.901. The number of esters is 1. The molecule has 0 aliphatic carbocycles. The molecule has 8 nitrogen and oxygen atoms in total. The molecule has 0 radical (unpaired) electrons. The van der Waals surface area contributed by atoms with Gasteiger partial charge in [-0.1, -0.05) is 0 Å². The Labute approximate surface area is 141 Å². The van der Waals surface area contributed by atoms with Crippen LogP contribution in [0.3, 0.4) is 0 Å². The minimum Gasteiger partial charge on any atom is -0.463 e. The van der Waals surface area contributed by atoms with Crippen molar-refractivity contribution in [3.63, 3.8) is 0 Å². The molecule has 2 aliphatic rings. The van der Waals surface area contributed by atoms with Crippen molar-refractivity contribution in [1.82, 2.24) is 10.2 Å². The van der Waals surface area contributed by atoms with Crippen molar-refractivity contribution in [2.45, 2.75) is 57.8 Å². The van der Waals surface area contributed by atoms with E-state index < -0.39 is 23.7 Å². The van der Waals surface area contributed by atoms with Crippen LogP contribution in [-0.2, 0) is 23.8 Å². The van der Waals surface area contributed by atoms with Gasteiger partial charge in [-0.25, -0.2) is 4.79 Å². The van der Waals surface area contributed by atoms with Gasteiger partial charge in [-0.3, -0.25) is 14.5 Å². The molecule has 2 heterocycles. The Hall–Kier alpha value is -1.83. The molecule has 2 saturated heterocycles. The molecule has 2 atom stereocenters. The summed E-state index contributed by atoms with van der Waals surface area (Å²) in [6.07, 6.45) is 0.948. The zero-order chi connectivity index (χ0) is 17.7. The van der Waals surface area contributed by atoms with Gasteiger partial charge in [0.15, 0.2) is 0 Å². The lowest BCUT2D eigenvalue weighted by Crippen LogP contribution is -2.58. The highest BCUT2D eigenvalue weighted by molar-refractivity contribution is 5.90. The van der Waals surface area contributed by atoms with Gasteiger partial charge in [-0.2, -0.15) is 0 Å². The Morgan fingerprint density at radius 3 is 2.75 bits per heavy atom. The van der Waals surface area contributed by atoms with Gasteiger partial charge in [0.2, 0.25) is 5.91 Å². The minimum atomic E-state index is -0.911. The highest BCUT2D eigenvalue weighted by Crippen LogP contribution is 2.17. The number of amides is 2. The van der Waals surface area contributed by atoms with Crippen LogP contribution in [0.2, 0.25) is 0 Å². The van der Waals surface area contributed by atoms with Crippen molar-refractivity contribution >= 4 is 18.0 Å². The van der Waals surface area contributed by atoms with E-state index in [-0.39, 0.29) is 25.0 Å². The Bertz CT molecular complexity index is 481. The largest absolute Gasteiger partial charge is 0.463 e. The molecular weight excluding hydrogens is 316 g/mol. The quantitative estimate of drug-likeness (QED) is 0.761. The van der Waals surface area contributed by atoms with E-state index in [0.717, 1.165) is 12.8 Å². The number of nitrogens with one attached hydrogen (secondary N) is 1. The molecule has 2 fully saturated rings. The second-order valence-electron chi connectivity index (χ2n) is 7.00. The number of nitrogens with zero attached hydrogens (tertiary/aromatic N) is 1. The molecule has 0 unspecified atom stereocenters. The molecule has 0 saturated carbocycles. The average Bonchev–Trinajstić information content (AvgIpc) is 2.98. The molecule has 8 heteroatoms. The first kappa shape index (κ1) is 18.5. The Morgan fingerprint density at radius 2 is 2.12 bits per heavy atom. The molecule has 136 valence electrons. The smallest absolute Gasteiger partial charge is 0.411 e. The van der Waals surface area contributed by atoms with Crippen LogP contribution >= 0.6 is 0 Å². The summed E-state index contributed by atoms with van der Waals surface area (Å²) in [6, 6.07) is -0.911. The number of rotatable bonds is 4. The summed E-state index contributed by atoms with van der Waals surface area (Å²) in [7, 11) is 0. The van der Waals surface area contributed by atoms with E-state index in [0.29, 0.717) is 19.7 Å². The van der Waals surface area contributed by atoms with Gasteiger partial charge in [0.1, 0.15) is 18.2 Å². The van der Waals surface area contributed by atoms with Crippen LogP contribution in [0.4, 0.5) is 4.79 Å². The fourth-order valence-corrected chi connectivity index (χ4v) is 2.64. The third-order valence-corrected chi connectivity index (χ3v) is 3.77. The first-order chi connectivity index (χ1) is 11.3. The van der Waals surface area contributed by atoms with Crippen LogP contribution in [0.15, 0.2) is 0 Å². The van der Waals surface area contributed by atoms with Gasteiger partial charge in [0, 0.05) is 19.7 Å². The zero-order valence-corrected chi connectivity index (χ0v) is 14.5. The van der Waals surface area contributed by atoms with Crippen molar-refractivity contribution in [3.8, 4) is 0 Å². The standard InChI is InChI=1S/C16H26N2O6/c1-16(2,3)24-15(21)18-7-6-17-14(20)12(18)9-13(19)23-10-11-5-4-8-22-11/h11-12H,4-10H2,1-3H3,(H,17,20)/t11-,12-/m1/s1. The van der Waals surface area contributed by atoms with Gasteiger partial charge in [0.05, 0.1) is 12.5 Å². The van der Waals surface area contributed by atoms with Gasteiger partial charge in [0.25, 0.3) is 0 Å². The lowest BCUT2D eigenvalue weighted by atomic mass is 10.1. The topological polar surface area (TPSA) is 94.2 Å². The summed E-state index contributed by atoms with van der Waals surface area (Å²) < 4.78 is 15.9. The van der Waals surface area contributed by atoms with Crippen LogP contribution < -0.4 is 5.32 Å². The first-order valence-electron chi connectivity index (χ1n) is 8.31. The van der Waals surface area contributed by atoms with E-state index in [1.807, 2.05) is 0 Å². The van der Waals surface area contributed by atoms with Crippen molar-refractivity contribution < 1.29 is 28.6 Å². The maximum atomic E-state index is 12.3. The fraction of sp³-hybridized carbons (Fsp3) is 0.812. The molecule has 0 aromatic carbocycles. The van der Waals surface area contributed by atoms with Crippen LogP contribution in [0.5, 0.6) is 0 Å². The molecule has 24 heavy (non-hydrogen) atoms. The molecule has 2 amide bonds. The Morgan fingerprint density at radius 1 is 1.38 bits per heavy atom. The van der Waals surface area contributed by atoms with E-state index in [1.165, 1.54) is 4.90 Å². The second kappa shape index (κ2) is 7.83. The fourth-order valence-electron chi connectivity index (χ4n) is 2.64. The third kappa shape index (κ3) is 5.36. The summed E-state index contributed by atoms with van der Waals surface area (Å²) in [5.41, 5.74) is -0.671. The second-order valence-corrected chi connectivity index (χ2v) is 7.00. The van der Waals surface area contributed by atoms with Crippen molar-refractivity contribution in [2.24, 2.45) is 0 Å². The summed E-state index contributed by atoms with van der Waals surface area (Å²) in [6.45, 7) is 6.74. The van der Waals surface area contributed by atoms with Crippen LogP contribution in [-0.4, -0.2) is 66.9 Å². The van der Waals surface area contributed by atoms with E-state index in [9.17, 15) is 14.4 Å². The molecule has 0 spiro atoms. The first-order valence-corrected chi connectivity index (χ1v) is 8.31. The van der Waals surface area contributed by atoms with Crippen molar-refractivity contribution in [3.05, 3.63) is 0 Å². The number of hydrogen-bond donors (Lipinski definition) is 1. The highest BCUT2D eigenvalue weighted by atomic mass is 16.6. The van der Waals surface area contributed by atoms with Gasteiger partial charge in [-0.05, 0) is 33.6 Å². The zero-order valence-electron chi connectivity index (χ0n) is 14.5. The lowest BCUT2D eigenvalue weighted by molar-refractivity contribution is -0.150. The predicted molar refractivity (Wildman–Crippen MR) is 84.3 cm³/mol. The van der Waals surface area contributed by atoms with Gasteiger partial charge in [-0.15, -0.1) is 0 Å². The average molecular weight is 342 g/mol. The molecular formula is C16H26N2O6. The predicted octanol–water partition coefficient (Wildman–Crippen LogP) is 0.834. The summed E-state index contributed by atoms with van der Waals surface area (Å²) in [4.78, 5) is 37.7. The normalized spacial score (nSPS) is 24.5. The molecule has 0 aromatic rings. The molecule has 0 bridgehead atoms. The minimum absolute atomic E-state index is 0.0731. The van der Waals surface area contributed by atoms with Crippen LogP contribution in [0, 0.1) is 0 Å². The SMILES string of the molecule is CC(C)(C)OC(=O)N1CCNC(=O)[C@H]1CC(=O)OC[C@H]1CCCO1. The summed E-state index contributed by atoms with van der Waals surface area (Å²) >= 11 is 0. The lowest BCUT2D eigenvalue weighted by Gasteiger charge is -2.35. The number of carbonyl (C=O) groups is 3. The summed E-state index contributed by atoms with van der Waals surface area (Å²) in [5, 5.41) is 2.66. The molecule has 2 aliphatic heterocycles. The monoisotopic (exact) mass is 342 g/mol. The van der Waals surface area contributed by atoms with Gasteiger partial charge < -0.3 is 19.5 Å². The van der Waals surface area contributed by atoms with Crippen molar-refractivity contribution in [1.29, 1.82) is 0 Å². The number of ether oxygens (including phenoxy) is 3. The molecule has 0 aromatic heterocycles. The molecule has 1 N–H and O–H groups in total. The van der Waals surface area contributed by atoms with E-state index >= 15 is 0 Å². The Balaban J connectivity index is 1.91. The molecule has 2 rings (SSSR count). The number of piperazine rings is 1. The number of hydrogen-bond acceptors (Lipinski definition) is 6. The maximum Gasteiger partial charge on any atom is 0.411 e. The number of carbonyl (C=O) groups excluding carboxylic acids is 3. The van der Waals surface area contributed by atoms with E-state index in [4.69, 9.17) is 14.2 Å². The van der Waals surface area contributed by atoms with Crippen LogP contribution in [0.1, 0.15) is 40.0 Å².